The van der Waals surface area contributed by atoms with Crippen LogP contribution in [0, 0.1) is 0 Å². The molecule has 5 rings (SSSR count). The standard InChI is InChI=1S/C23H23N7/c1-30-15-18(13-26-30)21-14-25-23(28-19-5-3-2-4-6-19)29-22(21)27-20-8-7-16-9-10-24-12-17(16)11-20/h2-8,11,13-15,24H,9-10,12H2,1H3,(H2,25,27,28,29). The lowest BCUT2D eigenvalue weighted by Gasteiger charge is -2.19. The van der Waals surface area contributed by atoms with Crippen molar-refractivity contribution in [2.45, 2.75) is 13.0 Å². The Labute approximate surface area is 175 Å². The number of hydrogen-bond donors (Lipinski definition) is 3. The Kier molecular flexibility index (Phi) is 4.86. The molecule has 0 amide bonds. The maximum Gasteiger partial charge on any atom is 0.229 e. The number of rotatable bonds is 5. The van der Waals surface area contributed by atoms with Gasteiger partial charge in [0.2, 0.25) is 5.95 Å². The fourth-order valence-electron chi connectivity index (χ4n) is 3.65. The predicted octanol–water partition coefficient (Wildman–Crippen LogP) is 4.01. The van der Waals surface area contributed by atoms with Crippen LogP contribution >= 0.6 is 0 Å². The summed E-state index contributed by atoms with van der Waals surface area (Å²) in [7, 11) is 1.90. The van der Waals surface area contributed by atoms with Crippen LogP contribution in [0.4, 0.5) is 23.1 Å². The minimum Gasteiger partial charge on any atom is -0.340 e. The van der Waals surface area contributed by atoms with Crippen LogP contribution in [-0.4, -0.2) is 26.3 Å². The van der Waals surface area contributed by atoms with E-state index in [1.54, 1.807) is 4.68 Å². The average Bonchev–Trinajstić information content (AvgIpc) is 3.21. The van der Waals surface area contributed by atoms with Crippen molar-refractivity contribution in [1.82, 2.24) is 25.1 Å². The zero-order chi connectivity index (χ0) is 20.3. The molecule has 7 nitrogen and oxygen atoms in total. The number of anilines is 4. The van der Waals surface area contributed by atoms with Crippen LogP contribution in [0.3, 0.4) is 0 Å². The predicted molar refractivity (Wildman–Crippen MR) is 119 cm³/mol. The largest absolute Gasteiger partial charge is 0.340 e. The number of aryl methyl sites for hydroxylation is 1. The van der Waals surface area contributed by atoms with Gasteiger partial charge in [-0.2, -0.15) is 10.1 Å². The first kappa shape index (κ1) is 18.3. The molecule has 7 heteroatoms. The van der Waals surface area contributed by atoms with Gasteiger partial charge in [0.15, 0.2) is 0 Å². The molecule has 30 heavy (non-hydrogen) atoms. The molecule has 150 valence electrons. The van der Waals surface area contributed by atoms with Crippen molar-refractivity contribution < 1.29 is 0 Å². The lowest BCUT2D eigenvalue weighted by Crippen LogP contribution is -2.23. The van der Waals surface area contributed by atoms with Gasteiger partial charge in [-0.05, 0) is 48.4 Å². The maximum absolute atomic E-state index is 4.77. The number of aromatic nitrogens is 4. The molecule has 0 spiro atoms. The molecule has 2 aromatic heterocycles. The Bertz CT molecular complexity index is 1170. The van der Waals surface area contributed by atoms with Gasteiger partial charge in [-0.25, -0.2) is 4.98 Å². The van der Waals surface area contributed by atoms with Crippen LogP contribution in [-0.2, 0) is 20.0 Å². The Balaban J connectivity index is 1.51. The molecule has 0 radical (unpaired) electrons. The first-order chi connectivity index (χ1) is 14.7. The number of hydrogen-bond acceptors (Lipinski definition) is 6. The zero-order valence-corrected chi connectivity index (χ0v) is 16.8. The Morgan fingerprint density at radius 2 is 1.87 bits per heavy atom. The summed E-state index contributed by atoms with van der Waals surface area (Å²) in [5.41, 5.74) is 6.54. The van der Waals surface area contributed by atoms with Crippen molar-refractivity contribution >= 4 is 23.1 Å². The van der Waals surface area contributed by atoms with Gasteiger partial charge < -0.3 is 16.0 Å². The third kappa shape index (κ3) is 3.88. The van der Waals surface area contributed by atoms with Crippen molar-refractivity contribution in [3.63, 3.8) is 0 Å². The number of nitrogens with zero attached hydrogens (tertiary/aromatic N) is 4. The molecule has 3 N–H and O–H groups in total. The molecule has 1 aliphatic heterocycles. The monoisotopic (exact) mass is 397 g/mol. The van der Waals surface area contributed by atoms with Crippen molar-refractivity contribution in [2.24, 2.45) is 7.05 Å². The van der Waals surface area contributed by atoms with Crippen molar-refractivity contribution in [2.75, 3.05) is 17.2 Å². The van der Waals surface area contributed by atoms with E-state index >= 15 is 0 Å². The van der Waals surface area contributed by atoms with Crippen LogP contribution in [0.5, 0.6) is 0 Å². The zero-order valence-electron chi connectivity index (χ0n) is 16.8. The third-order valence-corrected chi connectivity index (χ3v) is 5.19. The third-order valence-electron chi connectivity index (χ3n) is 5.19. The van der Waals surface area contributed by atoms with Gasteiger partial charge in [0, 0.05) is 48.5 Å². The molecule has 0 saturated carbocycles. The lowest BCUT2D eigenvalue weighted by molar-refractivity contribution is 0.644. The van der Waals surface area contributed by atoms with Crippen molar-refractivity contribution in [1.29, 1.82) is 0 Å². The van der Waals surface area contributed by atoms with Gasteiger partial charge in [-0.15, -0.1) is 0 Å². The summed E-state index contributed by atoms with van der Waals surface area (Å²) in [5, 5.41) is 14.5. The summed E-state index contributed by atoms with van der Waals surface area (Å²) in [4.78, 5) is 9.30. The summed E-state index contributed by atoms with van der Waals surface area (Å²) >= 11 is 0. The molecular weight excluding hydrogens is 374 g/mol. The SMILES string of the molecule is Cn1cc(-c2cnc(Nc3ccccc3)nc2Nc2ccc3c(c2)CNCC3)cn1. The van der Waals surface area contributed by atoms with Gasteiger partial charge in [0.05, 0.1) is 6.20 Å². The maximum atomic E-state index is 4.77. The van der Waals surface area contributed by atoms with Crippen LogP contribution in [0.1, 0.15) is 11.1 Å². The van der Waals surface area contributed by atoms with Crippen molar-refractivity contribution in [3.8, 4) is 11.1 Å². The first-order valence-electron chi connectivity index (χ1n) is 10.0. The summed E-state index contributed by atoms with van der Waals surface area (Å²) in [6, 6.07) is 16.4. The molecule has 0 atom stereocenters. The molecular formula is C23H23N7. The van der Waals surface area contributed by atoms with Gasteiger partial charge in [-0.1, -0.05) is 24.3 Å². The molecule has 1 aliphatic rings. The number of para-hydroxylation sites is 1. The molecule has 0 aliphatic carbocycles. The molecule has 3 heterocycles. The van der Waals surface area contributed by atoms with E-state index in [-0.39, 0.29) is 0 Å². The fourth-order valence-corrected chi connectivity index (χ4v) is 3.65. The van der Waals surface area contributed by atoms with Crippen molar-refractivity contribution in [3.05, 3.63) is 78.2 Å². The van der Waals surface area contributed by atoms with E-state index in [9.17, 15) is 0 Å². The summed E-state index contributed by atoms with van der Waals surface area (Å²) in [6.07, 6.45) is 6.68. The molecule has 4 aromatic rings. The van der Waals surface area contributed by atoms with Crippen LogP contribution < -0.4 is 16.0 Å². The van der Waals surface area contributed by atoms with E-state index < -0.39 is 0 Å². The van der Waals surface area contributed by atoms with E-state index in [1.807, 2.05) is 56.0 Å². The van der Waals surface area contributed by atoms with Gasteiger partial charge >= 0.3 is 0 Å². The van der Waals surface area contributed by atoms with E-state index in [0.29, 0.717) is 5.95 Å². The minimum absolute atomic E-state index is 0.538. The number of fused-ring (bicyclic) bond motifs is 1. The minimum atomic E-state index is 0.538. The van der Waals surface area contributed by atoms with Crippen LogP contribution in [0.15, 0.2) is 67.1 Å². The topological polar surface area (TPSA) is 79.7 Å². The second kappa shape index (κ2) is 7.96. The summed E-state index contributed by atoms with van der Waals surface area (Å²) in [6.45, 7) is 1.93. The molecule has 0 bridgehead atoms. The van der Waals surface area contributed by atoms with Crippen LogP contribution in [0.2, 0.25) is 0 Å². The van der Waals surface area contributed by atoms with Gasteiger partial charge in [-0.3, -0.25) is 4.68 Å². The van der Waals surface area contributed by atoms with E-state index in [0.717, 1.165) is 47.8 Å². The number of nitrogens with one attached hydrogen (secondary N) is 3. The normalized spacial score (nSPS) is 13.0. The van der Waals surface area contributed by atoms with E-state index in [1.165, 1.54) is 11.1 Å². The van der Waals surface area contributed by atoms with Gasteiger partial charge in [0.25, 0.3) is 0 Å². The second-order valence-corrected chi connectivity index (χ2v) is 7.38. The highest BCUT2D eigenvalue weighted by Crippen LogP contribution is 2.30. The lowest BCUT2D eigenvalue weighted by atomic mass is 10.0. The average molecular weight is 397 g/mol. The molecule has 0 saturated heterocycles. The highest BCUT2D eigenvalue weighted by molar-refractivity contribution is 5.78. The first-order valence-corrected chi connectivity index (χ1v) is 10.0. The smallest absolute Gasteiger partial charge is 0.229 e. The van der Waals surface area contributed by atoms with E-state index in [4.69, 9.17) is 4.98 Å². The van der Waals surface area contributed by atoms with Crippen LogP contribution in [0.25, 0.3) is 11.1 Å². The molecule has 0 fully saturated rings. The highest BCUT2D eigenvalue weighted by Gasteiger charge is 2.14. The summed E-state index contributed by atoms with van der Waals surface area (Å²) in [5.74, 6) is 1.27. The Morgan fingerprint density at radius 1 is 0.967 bits per heavy atom. The van der Waals surface area contributed by atoms with Gasteiger partial charge in [0.1, 0.15) is 5.82 Å². The fraction of sp³-hybridized carbons (Fsp3) is 0.174. The Morgan fingerprint density at radius 3 is 2.70 bits per heavy atom. The molecule has 2 aromatic carbocycles. The van der Waals surface area contributed by atoms with E-state index in [2.05, 4.69) is 44.2 Å². The number of benzene rings is 2. The summed E-state index contributed by atoms with van der Waals surface area (Å²) < 4.78 is 1.78. The quantitative estimate of drug-likeness (QED) is 0.472. The second-order valence-electron chi connectivity index (χ2n) is 7.38. The Hall–Kier alpha value is -3.71. The highest BCUT2D eigenvalue weighted by atomic mass is 15.2. The molecule has 0 unspecified atom stereocenters.